The lowest BCUT2D eigenvalue weighted by Crippen LogP contribution is -2.25. The summed E-state index contributed by atoms with van der Waals surface area (Å²) in [6.45, 7) is 4.93. The lowest BCUT2D eigenvalue weighted by Gasteiger charge is -2.22. The van der Waals surface area contributed by atoms with Crippen LogP contribution in [0.1, 0.15) is 41.6 Å². The third-order valence-electron chi connectivity index (χ3n) is 5.71. The average molecular weight is 321 g/mol. The van der Waals surface area contributed by atoms with E-state index in [-0.39, 0.29) is 6.10 Å². The molecule has 0 spiro atoms. The normalized spacial score (nSPS) is 28.0. The number of ether oxygens (including phenoxy) is 1. The fourth-order valence-corrected chi connectivity index (χ4v) is 4.25. The van der Waals surface area contributed by atoms with Gasteiger partial charge >= 0.3 is 0 Å². The Bertz CT molecular complexity index is 741. The van der Waals surface area contributed by atoms with E-state index >= 15 is 0 Å². The van der Waals surface area contributed by atoms with E-state index in [2.05, 4.69) is 39.1 Å². The van der Waals surface area contributed by atoms with E-state index in [1.165, 1.54) is 24.0 Å². The molecule has 1 aliphatic heterocycles. The number of benzene rings is 1. The van der Waals surface area contributed by atoms with Crippen LogP contribution in [0.25, 0.3) is 0 Å². The monoisotopic (exact) mass is 321 g/mol. The number of aromatic nitrogens is 2. The van der Waals surface area contributed by atoms with Gasteiger partial charge in [-0.3, -0.25) is 0 Å². The lowest BCUT2D eigenvalue weighted by atomic mass is 9.96. The minimum atomic E-state index is 0.238. The molecule has 0 radical (unpaired) electrons. The first-order valence-corrected chi connectivity index (χ1v) is 9.03. The zero-order valence-corrected chi connectivity index (χ0v) is 14.1. The lowest BCUT2D eigenvalue weighted by molar-refractivity contribution is 0.0159. The smallest absolute Gasteiger partial charge is 0.225 e. The Morgan fingerprint density at radius 2 is 1.83 bits per heavy atom. The molecular weight excluding hydrogens is 298 g/mol. The Balaban J connectivity index is 1.42. The third-order valence-corrected chi connectivity index (χ3v) is 5.71. The van der Waals surface area contributed by atoms with Gasteiger partial charge in [0.2, 0.25) is 5.95 Å². The first kappa shape index (κ1) is 14.4. The Labute approximate surface area is 142 Å². The van der Waals surface area contributed by atoms with Gasteiger partial charge < -0.3 is 9.64 Å². The van der Waals surface area contributed by atoms with E-state index in [4.69, 9.17) is 4.74 Å². The summed E-state index contributed by atoms with van der Waals surface area (Å²) in [7, 11) is 0. The molecular formula is C20H23N3O. The van der Waals surface area contributed by atoms with Crippen molar-refractivity contribution in [3.63, 3.8) is 0 Å². The molecule has 124 valence electrons. The first-order chi connectivity index (χ1) is 11.8. The summed E-state index contributed by atoms with van der Waals surface area (Å²) in [5, 5.41) is 0. The summed E-state index contributed by atoms with van der Waals surface area (Å²) in [5.41, 5.74) is 3.99. The highest BCUT2D eigenvalue weighted by Gasteiger charge is 2.47. The average Bonchev–Trinajstić information content (AvgIpc) is 3.25. The van der Waals surface area contributed by atoms with Crippen LogP contribution in [0.3, 0.4) is 0 Å². The molecule has 24 heavy (non-hydrogen) atoms. The van der Waals surface area contributed by atoms with Crippen molar-refractivity contribution in [2.45, 2.75) is 31.8 Å². The van der Waals surface area contributed by atoms with E-state index < -0.39 is 0 Å². The highest BCUT2D eigenvalue weighted by molar-refractivity contribution is 5.45. The van der Waals surface area contributed by atoms with Gasteiger partial charge in [0.1, 0.15) is 0 Å². The Kier molecular flexibility index (Phi) is 3.33. The molecule has 1 aromatic heterocycles. The Morgan fingerprint density at radius 3 is 2.58 bits per heavy atom. The predicted molar refractivity (Wildman–Crippen MR) is 93.1 cm³/mol. The molecule has 3 aliphatic rings. The Hall–Kier alpha value is -1.94. The Morgan fingerprint density at radius 1 is 1.08 bits per heavy atom. The second-order valence-electron chi connectivity index (χ2n) is 7.56. The van der Waals surface area contributed by atoms with Gasteiger partial charge in [0.15, 0.2) is 0 Å². The number of aryl methyl sites for hydroxylation is 1. The number of fused-ring (bicyclic) bond motifs is 3. The SMILES string of the molecule is Cc1cnc(N2C[C@@H]3C(OCC4CC4)c4ccccc4[C@@H]3C2)nc1. The van der Waals surface area contributed by atoms with Gasteiger partial charge in [-0.25, -0.2) is 9.97 Å². The van der Waals surface area contributed by atoms with Gasteiger partial charge in [0, 0.05) is 37.3 Å². The number of hydrogen-bond donors (Lipinski definition) is 0. The molecule has 4 nitrogen and oxygen atoms in total. The van der Waals surface area contributed by atoms with Gasteiger partial charge in [-0.05, 0) is 42.4 Å². The molecule has 2 fully saturated rings. The van der Waals surface area contributed by atoms with Crippen molar-refractivity contribution in [1.29, 1.82) is 0 Å². The molecule has 0 N–H and O–H groups in total. The van der Waals surface area contributed by atoms with Crippen molar-refractivity contribution in [3.8, 4) is 0 Å². The van der Waals surface area contributed by atoms with Crippen LogP contribution in [0, 0.1) is 18.8 Å². The van der Waals surface area contributed by atoms with Gasteiger partial charge in [0.05, 0.1) is 12.7 Å². The third kappa shape index (κ3) is 2.40. The fraction of sp³-hybridized carbons (Fsp3) is 0.500. The van der Waals surface area contributed by atoms with Crippen LogP contribution in [-0.4, -0.2) is 29.7 Å². The predicted octanol–water partition coefficient (Wildman–Crippen LogP) is 3.49. The molecule has 2 aliphatic carbocycles. The van der Waals surface area contributed by atoms with Crippen LogP contribution in [0.4, 0.5) is 5.95 Å². The molecule has 1 saturated carbocycles. The van der Waals surface area contributed by atoms with Crippen LogP contribution >= 0.6 is 0 Å². The number of anilines is 1. The van der Waals surface area contributed by atoms with Crippen molar-refractivity contribution in [2.75, 3.05) is 24.6 Å². The van der Waals surface area contributed by atoms with Crippen molar-refractivity contribution in [1.82, 2.24) is 9.97 Å². The van der Waals surface area contributed by atoms with Crippen LogP contribution in [0.2, 0.25) is 0 Å². The molecule has 2 aromatic rings. The van der Waals surface area contributed by atoms with Crippen LogP contribution < -0.4 is 4.90 Å². The van der Waals surface area contributed by atoms with Crippen LogP contribution in [0.15, 0.2) is 36.7 Å². The van der Waals surface area contributed by atoms with Crippen molar-refractivity contribution >= 4 is 5.95 Å². The summed E-state index contributed by atoms with van der Waals surface area (Å²) in [5.74, 6) is 2.71. The largest absolute Gasteiger partial charge is 0.373 e. The van der Waals surface area contributed by atoms with Gasteiger partial charge in [-0.15, -0.1) is 0 Å². The molecule has 1 saturated heterocycles. The quantitative estimate of drug-likeness (QED) is 0.864. The highest BCUT2D eigenvalue weighted by Crippen LogP contribution is 2.51. The van der Waals surface area contributed by atoms with E-state index in [0.29, 0.717) is 11.8 Å². The topological polar surface area (TPSA) is 38.2 Å². The second kappa shape index (κ2) is 5.55. The summed E-state index contributed by atoms with van der Waals surface area (Å²) < 4.78 is 6.40. The summed E-state index contributed by atoms with van der Waals surface area (Å²) in [4.78, 5) is 11.4. The highest BCUT2D eigenvalue weighted by atomic mass is 16.5. The molecule has 1 unspecified atom stereocenters. The fourth-order valence-electron chi connectivity index (χ4n) is 4.25. The molecule has 1 aromatic carbocycles. The molecule has 4 heteroatoms. The van der Waals surface area contributed by atoms with E-state index in [1.807, 2.05) is 19.3 Å². The zero-order chi connectivity index (χ0) is 16.1. The summed E-state index contributed by atoms with van der Waals surface area (Å²) in [6.07, 6.45) is 6.73. The number of hydrogen-bond acceptors (Lipinski definition) is 4. The number of nitrogens with zero attached hydrogens (tertiary/aromatic N) is 3. The first-order valence-electron chi connectivity index (χ1n) is 9.03. The molecule has 0 bridgehead atoms. The molecule has 2 heterocycles. The van der Waals surface area contributed by atoms with Crippen LogP contribution in [0.5, 0.6) is 0 Å². The van der Waals surface area contributed by atoms with E-state index in [9.17, 15) is 0 Å². The van der Waals surface area contributed by atoms with Crippen molar-refractivity contribution < 1.29 is 4.74 Å². The minimum absolute atomic E-state index is 0.238. The summed E-state index contributed by atoms with van der Waals surface area (Å²) >= 11 is 0. The van der Waals surface area contributed by atoms with Crippen LogP contribution in [-0.2, 0) is 4.74 Å². The molecule has 0 amide bonds. The summed E-state index contributed by atoms with van der Waals surface area (Å²) in [6, 6.07) is 8.85. The maximum absolute atomic E-state index is 6.40. The molecule has 5 rings (SSSR count). The van der Waals surface area contributed by atoms with Gasteiger partial charge in [-0.1, -0.05) is 24.3 Å². The standard InChI is InChI=1S/C20H23N3O/c1-13-8-21-20(22-9-13)23-10-17-15-4-2-3-5-16(15)19(18(17)11-23)24-12-14-6-7-14/h2-5,8-9,14,17-19H,6-7,10-12H2,1H3/t17-,18-,19?/m0/s1. The maximum Gasteiger partial charge on any atom is 0.225 e. The number of rotatable bonds is 4. The van der Waals surface area contributed by atoms with E-state index in [0.717, 1.165) is 37.1 Å². The second-order valence-corrected chi connectivity index (χ2v) is 7.56. The minimum Gasteiger partial charge on any atom is -0.373 e. The maximum atomic E-state index is 6.40. The van der Waals surface area contributed by atoms with E-state index in [1.54, 1.807) is 0 Å². The van der Waals surface area contributed by atoms with Gasteiger partial charge in [0.25, 0.3) is 0 Å². The molecule has 3 atom stereocenters. The van der Waals surface area contributed by atoms with Crippen molar-refractivity contribution in [2.24, 2.45) is 11.8 Å². The van der Waals surface area contributed by atoms with Gasteiger partial charge in [-0.2, -0.15) is 0 Å². The van der Waals surface area contributed by atoms with Crippen molar-refractivity contribution in [3.05, 3.63) is 53.3 Å². The zero-order valence-electron chi connectivity index (χ0n) is 14.1.